The topological polar surface area (TPSA) is 29.3 Å². The largest absolute Gasteiger partial charge is 0.398 e. The standard InChI is InChI=1S/C15H18N2S/c1-17(2)11-12-7-3-5-9-14(12)18-15-10-6-4-8-13(15)16/h3-10H,11,16H2,1-2H3/i1-1. The molecule has 0 saturated carbocycles. The maximum absolute atomic E-state index is 5.99. The third kappa shape index (κ3) is 3.28. The van der Waals surface area contributed by atoms with Gasteiger partial charge in [0.25, 0.3) is 0 Å². The quantitative estimate of drug-likeness (QED) is 0.850. The Kier molecular flexibility index (Phi) is 4.28. The lowest BCUT2D eigenvalue weighted by molar-refractivity contribution is 0.399. The molecule has 0 aliphatic rings. The Bertz CT molecular complexity index is 523. The number of nitrogens with zero attached hydrogens (tertiary/aromatic N) is 1. The van der Waals surface area contributed by atoms with Crippen LogP contribution in [0.25, 0.3) is 0 Å². The molecule has 0 heterocycles. The molecule has 3 heteroatoms. The minimum atomic E-state index is 0.835. The number of para-hydroxylation sites is 1. The summed E-state index contributed by atoms with van der Waals surface area (Å²) in [6.45, 7) is 0.940. The molecule has 0 saturated heterocycles. The van der Waals surface area contributed by atoms with Crippen molar-refractivity contribution in [2.24, 2.45) is 0 Å². The highest BCUT2D eigenvalue weighted by atomic mass is 32.2. The van der Waals surface area contributed by atoms with Crippen LogP contribution in [0.5, 0.6) is 0 Å². The molecular formula is C15H18N2S. The van der Waals surface area contributed by atoms with E-state index in [1.165, 1.54) is 10.5 Å². The van der Waals surface area contributed by atoms with E-state index < -0.39 is 0 Å². The maximum Gasteiger partial charge on any atom is 0.0455 e. The van der Waals surface area contributed by atoms with Gasteiger partial charge in [0.05, 0.1) is 0 Å². The van der Waals surface area contributed by atoms with Gasteiger partial charge in [-0.1, -0.05) is 42.1 Å². The monoisotopic (exact) mass is 257 g/mol. The van der Waals surface area contributed by atoms with Gasteiger partial charge in [-0.05, 0) is 37.9 Å². The first-order valence-electron chi connectivity index (χ1n) is 5.92. The number of hydrogen-bond donors (Lipinski definition) is 1. The molecule has 0 spiro atoms. The van der Waals surface area contributed by atoms with Crippen molar-refractivity contribution in [2.75, 3.05) is 19.8 Å². The number of anilines is 1. The molecule has 2 rings (SSSR count). The van der Waals surface area contributed by atoms with Gasteiger partial charge in [0.15, 0.2) is 0 Å². The molecule has 0 fully saturated rings. The number of rotatable bonds is 4. The second kappa shape index (κ2) is 5.94. The predicted octanol–water partition coefficient (Wildman–Crippen LogP) is 3.48. The second-order valence-corrected chi connectivity index (χ2v) is 5.57. The lowest BCUT2D eigenvalue weighted by atomic mass is 10.2. The van der Waals surface area contributed by atoms with Crippen LogP contribution in [-0.4, -0.2) is 19.0 Å². The molecular weight excluding hydrogens is 239 g/mol. The van der Waals surface area contributed by atoms with Gasteiger partial charge in [-0.25, -0.2) is 0 Å². The van der Waals surface area contributed by atoms with Crippen LogP contribution in [0.2, 0.25) is 0 Å². The summed E-state index contributed by atoms with van der Waals surface area (Å²) in [5, 5.41) is 0. The van der Waals surface area contributed by atoms with Gasteiger partial charge in [-0.15, -0.1) is 0 Å². The van der Waals surface area contributed by atoms with E-state index >= 15 is 0 Å². The van der Waals surface area contributed by atoms with Gasteiger partial charge in [-0.3, -0.25) is 0 Å². The zero-order chi connectivity index (χ0) is 13.0. The van der Waals surface area contributed by atoms with Crippen LogP contribution < -0.4 is 5.73 Å². The first-order valence-corrected chi connectivity index (χ1v) is 6.73. The van der Waals surface area contributed by atoms with E-state index in [0.29, 0.717) is 0 Å². The molecule has 2 N–H and O–H groups in total. The summed E-state index contributed by atoms with van der Waals surface area (Å²) in [7, 11) is 4.16. The Hall–Kier alpha value is -1.45. The fourth-order valence-corrected chi connectivity index (χ4v) is 2.75. The molecule has 0 radical (unpaired) electrons. The van der Waals surface area contributed by atoms with E-state index in [1.54, 1.807) is 11.8 Å². The highest BCUT2D eigenvalue weighted by molar-refractivity contribution is 7.99. The van der Waals surface area contributed by atoms with E-state index in [-0.39, 0.29) is 0 Å². The van der Waals surface area contributed by atoms with Crippen LogP contribution in [0.1, 0.15) is 5.56 Å². The van der Waals surface area contributed by atoms with Crippen LogP contribution in [0.4, 0.5) is 5.69 Å². The van der Waals surface area contributed by atoms with Gasteiger partial charge in [0, 0.05) is 22.0 Å². The molecule has 2 nitrogen and oxygen atoms in total. The number of benzene rings is 2. The van der Waals surface area contributed by atoms with Crippen molar-refractivity contribution in [1.82, 2.24) is 4.90 Å². The second-order valence-electron chi connectivity index (χ2n) is 4.49. The zero-order valence-electron chi connectivity index (χ0n) is 10.8. The molecule has 0 aromatic heterocycles. The zero-order valence-corrected chi connectivity index (χ0v) is 11.6. The summed E-state index contributed by atoms with van der Waals surface area (Å²) >= 11 is 1.73. The Morgan fingerprint density at radius 2 is 1.56 bits per heavy atom. The Balaban J connectivity index is 2.26. The van der Waals surface area contributed by atoms with Crippen LogP contribution in [-0.2, 0) is 6.54 Å². The van der Waals surface area contributed by atoms with Crippen molar-refractivity contribution >= 4 is 17.4 Å². The molecule has 0 bridgehead atoms. The molecule has 94 valence electrons. The molecule has 0 aliphatic carbocycles. The summed E-state index contributed by atoms with van der Waals surface area (Å²) in [6.07, 6.45) is 0. The van der Waals surface area contributed by atoms with Gasteiger partial charge in [-0.2, -0.15) is 0 Å². The Morgan fingerprint density at radius 3 is 2.22 bits per heavy atom. The molecule has 0 unspecified atom stereocenters. The number of nitrogen functional groups attached to an aromatic ring is 1. The van der Waals surface area contributed by atoms with E-state index in [9.17, 15) is 0 Å². The average molecular weight is 257 g/mol. The summed E-state index contributed by atoms with van der Waals surface area (Å²) in [6, 6.07) is 16.5. The highest BCUT2D eigenvalue weighted by Gasteiger charge is 2.06. The smallest absolute Gasteiger partial charge is 0.0455 e. The van der Waals surface area contributed by atoms with Crippen LogP contribution in [0.15, 0.2) is 58.3 Å². The van der Waals surface area contributed by atoms with Gasteiger partial charge >= 0.3 is 0 Å². The fraction of sp³-hybridized carbons (Fsp3) is 0.200. The fourth-order valence-electron chi connectivity index (χ4n) is 1.77. The van der Waals surface area contributed by atoms with E-state index in [0.717, 1.165) is 17.1 Å². The van der Waals surface area contributed by atoms with Crippen LogP contribution in [0.3, 0.4) is 0 Å². The van der Waals surface area contributed by atoms with Crippen molar-refractivity contribution in [2.45, 2.75) is 16.3 Å². The van der Waals surface area contributed by atoms with Crippen molar-refractivity contribution < 1.29 is 0 Å². The molecule has 0 aliphatic heterocycles. The summed E-state index contributed by atoms with van der Waals surface area (Å²) in [5.74, 6) is 0. The Morgan fingerprint density at radius 1 is 0.944 bits per heavy atom. The highest BCUT2D eigenvalue weighted by Crippen LogP contribution is 2.34. The van der Waals surface area contributed by atoms with Crippen LogP contribution >= 0.6 is 11.8 Å². The number of hydrogen-bond acceptors (Lipinski definition) is 3. The van der Waals surface area contributed by atoms with Crippen molar-refractivity contribution in [3.63, 3.8) is 0 Å². The normalized spacial score (nSPS) is 10.8. The van der Waals surface area contributed by atoms with Crippen molar-refractivity contribution in [3.8, 4) is 0 Å². The summed E-state index contributed by atoms with van der Waals surface area (Å²) < 4.78 is 0. The van der Waals surface area contributed by atoms with Crippen molar-refractivity contribution in [3.05, 3.63) is 54.1 Å². The van der Waals surface area contributed by atoms with E-state index in [4.69, 9.17) is 5.73 Å². The third-order valence-electron chi connectivity index (χ3n) is 2.60. The van der Waals surface area contributed by atoms with E-state index in [2.05, 4.69) is 49.3 Å². The molecule has 0 atom stereocenters. The lowest BCUT2D eigenvalue weighted by Crippen LogP contribution is -2.11. The number of nitrogens with two attached hydrogens (primary N) is 1. The van der Waals surface area contributed by atoms with Crippen molar-refractivity contribution in [1.29, 1.82) is 0 Å². The molecule has 18 heavy (non-hydrogen) atoms. The van der Waals surface area contributed by atoms with Crippen LogP contribution in [0, 0.1) is 0 Å². The summed E-state index contributed by atoms with van der Waals surface area (Å²) in [5.41, 5.74) is 8.15. The van der Waals surface area contributed by atoms with E-state index in [1.807, 2.05) is 18.2 Å². The maximum atomic E-state index is 5.99. The average Bonchev–Trinajstić information content (AvgIpc) is 2.34. The molecule has 2 aromatic carbocycles. The molecule has 0 amide bonds. The predicted molar refractivity (Wildman–Crippen MR) is 78.8 cm³/mol. The molecule has 2 aromatic rings. The van der Waals surface area contributed by atoms with Gasteiger partial charge in [0.1, 0.15) is 0 Å². The summed E-state index contributed by atoms with van der Waals surface area (Å²) in [4.78, 5) is 4.56. The minimum Gasteiger partial charge on any atom is -0.398 e. The van der Waals surface area contributed by atoms with Gasteiger partial charge in [0.2, 0.25) is 0 Å². The van der Waals surface area contributed by atoms with Gasteiger partial charge < -0.3 is 10.6 Å². The third-order valence-corrected chi connectivity index (χ3v) is 3.81. The first-order chi connectivity index (χ1) is 8.66. The SMILES string of the molecule is CN([11CH3])Cc1ccccc1Sc1ccccc1N. The lowest BCUT2D eigenvalue weighted by Gasteiger charge is -2.14. The Labute approximate surface area is 113 Å². The first kappa shape index (κ1) is 13.0. The minimum absolute atomic E-state index is 0.835.